The first-order valence-corrected chi connectivity index (χ1v) is 9.91. The van der Waals surface area contributed by atoms with Crippen LogP contribution in [0.1, 0.15) is 17.0 Å². The molecule has 0 fully saturated rings. The fraction of sp³-hybridized carbons (Fsp3) is 0.364. The van der Waals surface area contributed by atoms with Crippen LogP contribution in [0.5, 0.6) is 11.5 Å². The molecule has 0 bridgehead atoms. The molecule has 2 aromatic carbocycles. The lowest BCUT2D eigenvalue weighted by molar-refractivity contribution is -0.219. The highest BCUT2D eigenvalue weighted by Gasteiger charge is 2.40. The van der Waals surface area contributed by atoms with E-state index in [-0.39, 0.29) is 23.9 Å². The SMILES string of the molecule is COc1cc2nc(C)nc(NCc3cccc(C(F)(F)F)c3)c2cc1OCC(OC)C(F)(F)F. The highest BCUT2D eigenvalue weighted by atomic mass is 19.4. The van der Waals surface area contributed by atoms with Crippen LogP contribution in [0.2, 0.25) is 0 Å². The molecule has 3 rings (SSSR count). The van der Waals surface area contributed by atoms with Crippen molar-refractivity contribution in [3.63, 3.8) is 0 Å². The summed E-state index contributed by atoms with van der Waals surface area (Å²) in [6, 6.07) is 7.70. The number of hydrogen-bond donors (Lipinski definition) is 1. The van der Waals surface area contributed by atoms with Crippen molar-refractivity contribution in [2.24, 2.45) is 0 Å². The fourth-order valence-electron chi connectivity index (χ4n) is 3.16. The van der Waals surface area contributed by atoms with Gasteiger partial charge in [0.05, 0.1) is 18.2 Å². The third-order valence-corrected chi connectivity index (χ3v) is 4.85. The van der Waals surface area contributed by atoms with Gasteiger partial charge in [0.2, 0.25) is 0 Å². The molecule has 6 nitrogen and oxygen atoms in total. The smallest absolute Gasteiger partial charge is 0.417 e. The monoisotopic (exact) mass is 489 g/mol. The molecular weight excluding hydrogens is 468 g/mol. The van der Waals surface area contributed by atoms with E-state index in [1.807, 2.05) is 0 Å². The van der Waals surface area contributed by atoms with E-state index in [1.165, 1.54) is 31.4 Å². The van der Waals surface area contributed by atoms with E-state index in [0.717, 1.165) is 19.2 Å². The van der Waals surface area contributed by atoms with Crippen LogP contribution in [0, 0.1) is 6.92 Å². The van der Waals surface area contributed by atoms with Crippen molar-refractivity contribution in [3.8, 4) is 11.5 Å². The van der Waals surface area contributed by atoms with Crippen LogP contribution in [-0.2, 0) is 17.5 Å². The summed E-state index contributed by atoms with van der Waals surface area (Å²) in [6.07, 6.45) is -11.3. The summed E-state index contributed by atoms with van der Waals surface area (Å²) in [4.78, 5) is 8.59. The first kappa shape index (κ1) is 25.3. The van der Waals surface area contributed by atoms with Gasteiger partial charge in [0.15, 0.2) is 17.6 Å². The van der Waals surface area contributed by atoms with Gasteiger partial charge in [0, 0.05) is 25.1 Å². The minimum atomic E-state index is -4.63. The number of aryl methyl sites for hydroxylation is 1. The second-order valence-electron chi connectivity index (χ2n) is 7.27. The zero-order valence-corrected chi connectivity index (χ0v) is 18.3. The molecule has 0 amide bonds. The molecule has 12 heteroatoms. The summed E-state index contributed by atoms with van der Waals surface area (Å²) >= 11 is 0. The van der Waals surface area contributed by atoms with Gasteiger partial charge in [0.25, 0.3) is 0 Å². The van der Waals surface area contributed by atoms with Gasteiger partial charge < -0.3 is 19.5 Å². The van der Waals surface area contributed by atoms with Crippen molar-refractivity contribution in [3.05, 3.63) is 53.3 Å². The maximum absolute atomic E-state index is 13.0. The summed E-state index contributed by atoms with van der Waals surface area (Å²) in [5.74, 6) is 0.778. The molecule has 0 aliphatic carbocycles. The Labute approximate surface area is 190 Å². The van der Waals surface area contributed by atoms with Crippen LogP contribution in [0.25, 0.3) is 10.9 Å². The number of halogens is 6. The van der Waals surface area contributed by atoms with Crippen molar-refractivity contribution < 1.29 is 40.6 Å². The van der Waals surface area contributed by atoms with Crippen molar-refractivity contribution >= 4 is 16.7 Å². The molecule has 1 unspecified atom stereocenters. The first-order valence-electron chi connectivity index (χ1n) is 9.91. The van der Waals surface area contributed by atoms with Gasteiger partial charge in [-0.2, -0.15) is 26.3 Å². The molecule has 184 valence electrons. The third-order valence-electron chi connectivity index (χ3n) is 4.85. The minimum Gasteiger partial charge on any atom is -0.493 e. The van der Waals surface area contributed by atoms with Crippen LogP contribution in [0.4, 0.5) is 32.2 Å². The van der Waals surface area contributed by atoms with Crippen molar-refractivity contribution in [1.29, 1.82) is 0 Å². The number of rotatable bonds is 8. The number of anilines is 1. The van der Waals surface area contributed by atoms with Gasteiger partial charge >= 0.3 is 12.4 Å². The van der Waals surface area contributed by atoms with Crippen LogP contribution in [-0.4, -0.2) is 43.1 Å². The Balaban J connectivity index is 1.92. The number of nitrogens with zero attached hydrogens (tertiary/aromatic N) is 2. The standard InChI is InChI=1S/C22H21F6N3O3/c1-12-30-16-9-17(32-2)18(34-11-19(33-3)22(26,27)28)8-15(16)20(31-12)29-10-13-5-4-6-14(7-13)21(23,24)25/h4-9,19H,10-11H2,1-3H3,(H,29,30,31). The van der Waals surface area contributed by atoms with E-state index in [4.69, 9.17) is 9.47 Å². The maximum Gasteiger partial charge on any atom is 0.417 e. The summed E-state index contributed by atoms with van der Waals surface area (Å²) in [6.45, 7) is 0.817. The number of hydrogen-bond acceptors (Lipinski definition) is 6. The fourth-order valence-corrected chi connectivity index (χ4v) is 3.16. The van der Waals surface area contributed by atoms with Gasteiger partial charge in [-0.3, -0.25) is 0 Å². The lowest BCUT2D eigenvalue weighted by atomic mass is 10.1. The predicted molar refractivity (Wildman–Crippen MR) is 112 cm³/mol. The van der Waals surface area contributed by atoms with E-state index in [2.05, 4.69) is 20.0 Å². The lowest BCUT2D eigenvalue weighted by Crippen LogP contribution is -2.36. The molecule has 1 atom stereocenters. The molecule has 1 heterocycles. The number of fused-ring (bicyclic) bond motifs is 1. The molecule has 1 aromatic heterocycles. The lowest BCUT2D eigenvalue weighted by Gasteiger charge is -2.20. The summed E-state index contributed by atoms with van der Waals surface area (Å²) in [7, 11) is 2.25. The second kappa shape index (κ2) is 9.92. The number of methoxy groups -OCH3 is 2. The molecule has 0 aliphatic rings. The van der Waals surface area contributed by atoms with Crippen molar-refractivity contribution in [2.75, 3.05) is 26.1 Å². The van der Waals surface area contributed by atoms with Crippen LogP contribution >= 0.6 is 0 Å². The average molecular weight is 489 g/mol. The van der Waals surface area contributed by atoms with Gasteiger partial charge in [-0.25, -0.2) is 9.97 Å². The molecule has 0 radical (unpaired) electrons. The predicted octanol–water partition coefficient (Wildman–Crippen LogP) is 5.53. The Hall–Kier alpha value is -3.28. The van der Waals surface area contributed by atoms with Crippen molar-refractivity contribution in [1.82, 2.24) is 9.97 Å². The molecule has 0 saturated carbocycles. The Bertz CT molecular complexity index is 1150. The summed E-state index contributed by atoms with van der Waals surface area (Å²) in [5.41, 5.74) is -0.0204. The topological polar surface area (TPSA) is 65.5 Å². The highest BCUT2D eigenvalue weighted by Crippen LogP contribution is 2.35. The largest absolute Gasteiger partial charge is 0.493 e. The number of aromatic nitrogens is 2. The van der Waals surface area contributed by atoms with E-state index in [1.54, 1.807) is 6.92 Å². The Morgan fingerprint density at radius 2 is 1.71 bits per heavy atom. The highest BCUT2D eigenvalue weighted by molar-refractivity contribution is 5.91. The molecule has 0 spiro atoms. The normalized spacial score (nSPS) is 13.1. The van der Waals surface area contributed by atoms with Crippen molar-refractivity contribution in [2.45, 2.75) is 31.9 Å². The van der Waals surface area contributed by atoms with E-state index >= 15 is 0 Å². The van der Waals surface area contributed by atoms with Gasteiger partial charge in [-0.15, -0.1) is 0 Å². The van der Waals surface area contributed by atoms with E-state index in [0.29, 0.717) is 22.3 Å². The van der Waals surface area contributed by atoms with Crippen LogP contribution in [0.3, 0.4) is 0 Å². The number of nitrogens with one attached hydrogen (secondary N) is 1. The number of ether oxygens (including phenoxy) is 3. The third kappa shape index (κ3) is 5.99. The zero-order chi connectivity index (χ0) is 25.1. The van der Waals surface area contributed by atoms with Gasteiger partial charge in [-0.1, -0.05) is 12.1 Å². The molecule has 1 N–H and O–H groups in total. The average Bonchev–Trinajstić information content (AvgIpc) is 2.76. The summed E-state index contributed by atoms with van der Waals surface area (Å²) in [5, 5.41) is 3.35. The molecule has 0 aliphatic heterocycles. The van der Waals surface area contributed by atoms with Gasteiger partial charge in [0.1, 0.15) is 18.2 Å². The van der Waals surface area contributed by atoms with E-state index < -0.39 is 30.6 Å². The van der Waals surface area contributed by atoms with Crippen LogP contribution < -0.4 is 14.8 Å². The minimum absolute atomic E-state index is 0.00382. The van der Waals surface area contributed by atoms with Gasteiger partial charge in [-0.05, 0) is 30.7 Å². The second-order valence-corrected chi connectivity index (χ2v) is 7.27. The number of benzene rings is 2. The van der Waals surface area contributed by atoms with Crippen LogP contribution in [0.15, 0.2) is 36.4 Å². The quantitative estimate of drug-likeness (QED) is 0.420. The Morgan fingerprint density at radius 3 is 2.32 bits per heavy atom. The molecule has 0 saturated heterocycles. The molecule has 34 heavy (non-hydrogen) atoms. The zero-order valence-electron chi connectivity index (χ0n) is 18.3. The Morgan fingerprint density at radius 1 is 0.971 bits per heavy atom. The number of alkyl halides is 6. The Kier molecular flexibility index (Phi) is 7.39. The first-order chi connectivity index (χ1) is 15.9. The maximum atomic E-state index is 13.0. The summed E-state index contributed by atoms with van der Waals surface area (Å²) < 4.78 is 93.0. The van der Waals surface area contributed by atoms with E-state index in [9.17, 15) is 26.3 Å². The molecular formula is C22H21F6N3O3. The molecule has 3 aromatic rings.